The van der Waals surface area contributed by atoms with Crippen LogP contribution in [0.25, 0.3) is 28.2 Å². The van der Waals surface area contributed by atoms with Crippen molar-refractivity contribution in [3.63, 3.8) is 0 Å². The van der Waals surface area contributed by atoms with Gasteiger partial charge in [0.05, 0.1) is 43.0 Å². The van der Waals surface area contributed by atoms with Crippen LogP contribution in [0.3, 0.4) is 0 Å². The number of nitrogens with zero attached hydrogens (tertiary/aromatic N) is 3. The van der Waals surface area contributed by atoms with Crippen molar-refractivity contribution >= 4 is 22.6 Å². The number of benzene rings is 3. The molecule has 0 saturated carbocycles. The van der Waals surface area contributed by atoms with E-state index < -0.39 is 11.7 Å². The minimum atomic E-state index is -4.47. The van der Waals surface area contributed by atoms with Crippen molar-refractivity contribution in [2.75, 3.05) is 39.6 Å². The number of aromatic hydroxyl groups is 1. The zero-order valence-corrected chi connectivity index (χ0v) is 24.4. The first-order valence-electron chi connectivity index (χ1n) is 13.9. The third kappa shape index (κ3) is 7.69. The number of rotatable bonds is 14. The van der Waals surface area contributed by atoms with Gasteiger partial charge in [-0.25, -0.2) is 4.98 Å². The highest BCUT2D eigenvalue weighted by molar-refractivity contribution is 6.31. The predicted molar refractivity (Wildman–Crippen MR) is 160 cm³/mol. The number of ether oxygens (including phenoxy) is 3. The average molecular weight is 630 g/mol. The zero-order valence-electron chi connectivity index (χ0n) is 23.6. The molecule has 0 aliphatic carbocycles. The van der Waals surface area contributed by atoms with Gasteiger partial charge in [-0.1, -0.05) is 35.9 Å². The van der Waals surface area contributed by atoms with Crippen LogP contribution in [-0.2, 0) is 28.5 Å². The molecule has 9 nitrogen and oxygen atoms in total. The summed E-state index contributed by atoms with van der Waals surface area (Å²) in [7, 11) is 0. The average Bonchev–Trinajstić information content (AvgIpc) is 3.57. The number of nitrogens with two attached hydrogens (primary N) is 1. The first kappa shape index (κ1) is 31.3. The Labute approximate surface area is 256 Å². The van der Waals surface area contributed by atoms with Crippen LogP contribution in [0.5, 0.6) is 11.6 Å². The Morgan fingerprint density at radius 2 is 1.59 bits per heavy atom. The molecule has 5 aromatic rings. The quantitative estimate of drug-likeness (QED) is 0.130. The number of halogens is 4. The van der Waals surface area contributed by atoms with Gasteiger partial charge in [-0.2, -0.15) is 23.0 Å². The molecule has 0 saturated heterocycles. The highest BCUT2D eigenvalue weighted by atomic mass is 35.5. The summed E-state index contributed by atoms with van der Waals surface area (Å²) in [6.07, 6.45) is -3.59. The van der Waals surface area contributed by atoms with E-state index in [0.29, 0.717) is 91.0 Å². The van der Waals surface area contributed by atoms with Crippen molar-refractivity contribution < 1.29 is 32.5 Å². The Morgan fingerprint density at radius 1 is 0.886 bits per heavy atom. The van der Waals surface area contributed by atoms with Gasteiger partial charge in [-0.15, -0.1) is 0 Å². The molecule has 0 fully saturated rings. The number of hydrogen-bond donors (Lipinski definition) is 3. The fourth-order valence-corrected chi connectivity index (χ4v) is 4.75. The predicted octanol–water partition coefficient (Wildman–Crippen LogP) is 5.95. The molecule has 5 rings (SSSR count). The smallest absolute Gasteiger partial charge is 0.416 e. The number of aromatic nitrogens is 4. The standard InChI is InChI=1S/C31H31ClF3N5O4/c32-23-8-12-26-27(19-23)38-30(37-26)40-29(41)25(28(39-40)21-4-6-22(7-5-21)31(33,34)35)11-3-20-1-9-24(10-2-20)44-18-17-43-16-15-42-14-13-36/h1-2,4-10,12,19,41H,3,11,13-18,36H2,(H,37,38). The zero-order chi connectivity index (χ0) is 31.1. The molecule has 232 valence electrons. The molecule has 0 atom stereocenters. The summed E-state index contributed by atoms with van der Waals surface area (Å²) in [5.41, 5.74) is 8.07. The van der Waals surface area contributed by atoms with Crippen LogP contribution in [-0.4, -0.2) is 64.4 Å². The third-order valence-electron chi connectivity index (χ3n) is 6.79. The Balaban J connectivity index is 1.31. The molecule has 0 amide bonds. The molecule has 0 aliphatic rings. The Kier molecular flexibility index (Phi) is 10.1. The van der Waals surface area contributed by atoms with Gasteiger partial charge in [-0.3, -0.25) is 0 Å². The number of aromatic amines is 1. The summed E-state index contributed by atoms with van der Waals surface area (Å²) in [6.45, 7) is 2.72. The normalized spacial score (nSPS) is 11.8. The van der Waals surface area contributed by atoms with Gasteiger partial charge < -0.3 is 30.0 Å². The molecule has 0 radical (unpaired) electrons. The van der Waals surface area contributed by atoms with E-state index in [2.05, 4.69) is 15.1 Å². The second-order valence-electron chi connectivity index (χ2n) is 9.87. The van der Waals surface area contributed by atoms with Crippen LogP contribution < -0.4 is 10.5 Å². The fourth-order valence-electron chi connectivity index (χ4n) is 4.58. The summed E-state index contributed by atoms with van der Waals surface area (Å²) in [4.78, 5) is 7.60. The Morgan fingerprint density at radius 3 is 2.30 bits per heavy atom. The maximum absolute atomic E-state index is 13.2. The van der Waals surface area contributed by atoms with Crippen LogP contribution in [0.1, 0.15) is 16.7 Å². The fraction of sp³-hybridized carbons (Fsp3) is 0.290. The maximum atomic E-state index is 13.2. The molecule has 13 heteroatoms. The van der Waals surface area contributed by atoms with Crippen molar-refractivity contribution in [2.45, 2.75) is 19.0 Å². The monoisotopic (exact) mass is 629 g/mol. The summed E-state index contributed by atoms with van der Waals surface area (Å²) >= 11 is 6.10. The van der Waals surface area contributed by atoms with E-state index in [9.17, 15) is 18.3 Å². The number of imidazole rings is 1. The van der Waals surface area contributed by atoms with Gasteiger partial charge in [0.15, 0.2) is 0 Å². The topological polar surface area (TPSA) is 120 Å². The first-order valence-corrected chi connectivity index (χ1v) is 14.3. The summed E-state index contributed by atoms with van der Waals surface area (Å²) in [5.74, 6) is 0.758. The summed E-state index contributed by atoms with van der Waals surface area (Å²) in [6, 6.07) is 17.4. The second kappa shape index (κ2) is 14.1. The van der Waals surface area contributed by atoms with Crippen molar-refractivity contribution in [2.24, 2.45) is 5.73 Å². The highest BCUT2D eigenvalue weighted by Gasteiger charge is 2.30. The highest BCUT2D eigenvalue weighted by Crippen LogP contribution is 2.35. The molecule has 0 spiro atoms. The van der Waals surface area contributed by atoms with E-state index >= 15 is 0 Å². The minimum absolute atomic E-state index is 0.168. The van der Waals surface area contributed by atoms with E-state index in [4.69, 9.17) is 31.5 Å². The minimum Gasteiger partial charge on any atom is -0.493 e. The van der Waals surface area contributed by atoms with E-state index in [1.165, 1.54) is 16.8 Å². The molecular weight excluding hydrogens is 599 g/mol. The summed E-state index contributed by atoms with van der Waals surface area (Å²) in [5, 5.41) is 16.4. The van der Waals surface area contributed by atoms with Gasteiger partial charge in [0.2, 0.25) is 11.8 Å². The molecule has 0 bridgehead atoms. The second-order valence-corrected chi connectivity index (χ2v) is 10.3. The Hall–Kier alpha value is -4.10. The number of fused-ring (bicyclic) bond motifs is 1. The molecular formula is C31H31ClF3N5O4. The van der Waals surface area contributed by atoms with Crippen molar-refractivity contribution in [3.05, 3.63) is 88.4 Å². The lowest BCUT2D eigenvalue weighted by atomic mass is 10.00. The van der Waals surface area contributed by atoms with Crippen molar-refractivity contribution in [1.29, 1.82) is 0 Å². The van der Waals surface area contributed by atoms with E-state index in [0.717, 1.165) is 17.7 Å². The molecule has 3 aromatic carbocycles. The number of nitrogens with one attached hydrogen (secondary N) is 1. The molecule has 4 N–H and O–H groups in total. The molecule has 0 aliphatic heterocycles. The van der Waals surface area contributed by atoms with E-state index in [1.54, 1.807) is 18.2 Å². The SMILES string of the molecule is NCCOCCOCCOc1ccc(CCc2c(-c3ccc(C(F)(F)F)cc3)nn(-c3nc4cc(Cl)ccc4[nH]3)c2O)cc1. The van der Waals surface area contributed by atoms with Gasteiger partial charge in [0, 0.05) is 22.7 Å². The maximum Gasteiger partial charge on any atom is 0.416 e. The largest absolute Gasteiger partial charge is 0.493 e. The molecule has 2 aromatic heterocycles. The van der Waals surface area contributed by atoms with Crippen LogP contribution in [0.4, 0.5) is 13.2 Å². The van der Waals surface area contributed by atoms with Crippen LogP contribution >= 0.6 is 11.6 Å². The summed E-state index contributed by atoms with van der Waals surface area (Å²) < 4.78 is 57.3. The number of aryl methyl sites for hydroxylation is 1. The molecule has 2 heterocycles. The lowest BCUT2D eigenvalue weighted by Crippen LogP contribution is -2.14. The van der Waals surface area contributed by atoms with E-state index in [-0.39, 0.29) is 11.8 Å². The van der Waals surface area contributed by atoms with Crippen molar-refractivity contribution in [3.8, 4) is 28.8 Å². The molecule has 44 heavy (non-hydrogen) atoms. The van der Waals surface area contributed by atoms with E-state index in [1.807, 2.05) is 24.3 Å². The van der Waals surface area contributed by atoms with Crippen molar-refractivity contribution in [1.82, 2.24) is 19.7 Å². The number of H-pyrrole nitrogens is 1. The Bertz CT molecular complexity index is 1670. The van der Waals surface area contributed by atoms with Gasteiger partial charge >= 0.3 is 6.18 Å². The van der Waals surface area contributed by atoms with Crippen LogP contribution in [0, 0.1) is 0 Å². The van der Waals surface area contributed by atoms with Gasteiger partial charge in [-0.05, 0) is 60.9 Å². The lowest BCUT2D eigenvalue weighted by molar-refractivity contribution is -0.137. The van der Waals surface area contributed by atoms with Crippen LogP contribution in [0.15, 0.2) is 66.7 Å². The lowest BCUT2D eigenvalue weighted by Gasteiger charge is -2.09. The van der Waals surface area contributed by atoms with Gasteiger partial charge in [0.25, 0.3) is 0 Å². The van der Waals surface area contributed by atoms with Gasteiger partial charge in [0.1, 0.15) is 18.1 Å². The number of alkyl halides is 3. The molecule has 0 unspecified atom stereocenters. The third-order valence-corrected chi connectivity index (χ3v) is 7.03. The van der Waals surface area contributed by atoms with Crippen LogP contribution in [0.2, 0.25) is 5.02 Å². The first-order chi connectivity index (χ1) is 21.2. The number of hydrogen-bond acceptors (Lipinski definition) is 7.